The number of hydrogen-bond donors (Lipinski definition) is 2. The fourth-order valence-corrected chi connectivity index (χ4v) is 2.70. The van der Waals surface area contributed by atoms with E-state index in [9.17, 15) is 37.7 Å². The number of likely N-dealkylation sites (N-methyl/N-ethyl adjacent to an activating group) is 1. The normalized spacial score (nSPS) is 10.9. The molecular formula is C19H16ClF3N4O5. The lowest BCUT2D eigenvalue weighted by molar-refractivity contribution is -0.384. The Morgan fingerprint density at radius 2 is 1.84 bits per heavy atom. The van der Waals surface area contributed by atoms with Crippen LogP contribution in [0.4, 0.5) is 24.5 Å². The maximum Gasteiger partial charge on any atom is 0.417 e. The number of amides is 3. The predicted molar refractivity (Wildman–Crippen MR) is 108 cm³/mol. The maximum absolute atomic E-state index is 12.9. The summed E-state index contributed by atoms with van der Waals surface area (Å²) >= 11 is 5.52. The standard InChI is InChI=1S/C19H16ClF3N4O5/c1-26(10-16(28)25-12-5-6-15(20)14(8-12)19(21,22)23)17(29)9-24-18(30)11-3-2-4-13(7-11)27(31)32/h2-8H,9-10H2,1H3,(H,24,30)(H,25,28). The average Bonchev–Trinajstić information content (AvgIpc) is 2.72. The lowest BCUT2D eigenvalue weighted by Crippen LogP contribution is -2.41. The van der Waals surface area contributed by atoms with Gasteiger partial charge >= 0.3 is 6.18 Å². The smallest absolute Gasteiger partial charge is 0.343 e. The van der Waals surface area contributed by atoms with Crippen molar-refractivity contribution >= 4 is 40.7 Å². The van der Waals surface area contributed by atoms with Gasteiger partial charge in [-0.25, -0.2) is 0 Å². The molecule has 0 aromatic heterocycles. The number of nitrogens with one attached hydrogen (secondary N) is 2. The van der Waals surface area contributed by atoms with Crippen molar-refractivity contribution in [3.8, 4) is 0 Å². The molecule has 0 aliphatic carbocycles. The monoisotopic (exact) mass is 472 g/mol. The number of carbonyl (C=O) groups is 3. The minimum absolute atomic E-state index is 0.0318. The molecule has 170 valence electrons. The Kier molecular flexibility index (Phi) is 7.76. The summed E-state index contributed by atoms with van der Waals surface area (Å²) in [6.45, 7) is -1.01. The summed E-state index contributed by atoms with van der Waals surface area (Å²) in [5.74, 6) is -2.19. The van der Waals surface area contributed by atoms with Crippen molar-refractivity contribution in [2.45, 2.75) is 6.18 Å². The third-order valence-electron chi connectivity index (χ3n) is 4.08. The summed E-state index contributed by atoms with van der Waals surface area (Å²) in [6.07, 6.45) is -4.71. The number of nitro groups is 1. The highest BCUT2D eigenvalue weighted by molar-refractivity contribution is 6.31. The van der Waals surface area contributed by atoms with Crippen LogP contribution >= 0.6 is 11.6 Å². The van der Waals surface area contributed by atoms with E-state index in [0.29, 0.717) is 6.07 Å². The highest BCUT2D eigenvalue weighted by Gasteiger charge is 2.33. The molecule has 32 heavy (non-hydrogen) atoms. The molecule has 0 aliphatic rings. The first-order valence-electron chi connectivity index (χ1n) is 8.81. The van der Waals surface area contributed by atoms with Gasteiger partial charge in [-0.15, -0.1) is 0 Å². The third kappa shape index (κ3) is 6.67. The predicted octanol–water partition coefficient (Wildman–Crippen LogP) is 3.09. The topological polar surface area (TPSA) is 122 Å². The third-order valence-corrected chi connectivity index (χ3v) is 4.41. The van der Waals surface area contributed by atoms with Gasteiger partial charge < -0.3 is 15.5 Å². The molecule has 0 aliphatic heterocycles. The van der Waals surface area contributed by atoms with Crippen molar-refractivity contribution in [1.82, 2.24) is 10.2 Å². The van der Waals surface area contributed by atoms with Crippen molar-refractivity contribution in [2.24, 2.45) is 0 Å². The molecule has 0 atom stereocenters. The van der Waals surface area contributed by atoms with Crippen LogP contribution < -0.4 is 10.6 Å². The van der Waals surface area contributed by atoms with Crippen molar-refractivity contribution in [2.75, 3.05) is 25.5 Å². The van der Waals surface area contributed by atoms with Gasteiger partial charge in [-0.3, -0.25) is 24.5 Å². The summed E-state index contributed by atoms with van der Waals surface area (Å²) < 4.78 is 38.7. The van der Waals surface area contributed by atoms with Gasteiger partial charge in [-0.1, -0.05) is 17.7 Å². The summed E-state index contributed by atoms with van der Waals surface area (Å²) in [5, 5.41) is 14.7. The molecule has 0 saturated carbocycles. The molecule has 0 saturated heterocycles. The molecule has 2 aromatic rings. The number of carbonyl (C=O) groups excluding carboxylic acids is 3. The Morgan fingerprint density at radius 1 is 1.16 bits per heavy atom. The van der Waals surface area contributed by atoms with Gasteiger partial charge in [-0.05, 0) is 24.3 Å². The number of nitro benzene ring substituents is 1. The van der Waals surface area contributed by atoms with Gasteiger partial charge in [0, 0.05) is 30.4 Å². The fraction of sp³-hybridized carbons (Fsp3) is 0.211. The molecular weight excluding hydrogens is 457 g/mol. The molecule has 9 nitrogen and oxygen atoms in total. The molecule has 0 bridgehead atoms. The van der Waals surface area contributed by atoms with Crippen molar-refractivity contribution < 1.29 is 32.5 Å². The van der Waals surface area contributed by atoms with Crippen LogP contribution in [-0.2, 0) is 15.8 Å². The fourth-order valence-electron chi connectivity index (χ4n) is 2.48. The van der Waals surface area contributed by atoms with E-state index in [1.807, 2.05) is 0 Å². The molecule has 0 fully saturated rings. The molecule has 2 rings (SSSR count). The second-order valence-corrected chi connectivity index (χ2v) is 6.89. The molecule has 0 unspecified atom stereocenters. The van der Waals surface area contributed by atoms with Gasteiger partial charge in [0.25, 0.3) is 11.6 Å². The Hall–Kier alpha value is -3.67. The van der Waals surface area contributed by atoms with E-state index >= 15 is 0 Å². The minimum atomic E-state index is -4.71. The summed E-state index contributed by atoms with van der Waals surface area (Å²) in [4.78, 5) is 47.3. The molecule has 13 heteroatoms. The first kappa shape index (κ1) is 24.6. The van der Waals surface area contributed by atoms with Crippen molar-refractivity contribution in [3.05, 3.63) is 68.7 Å². The summed E-state index contributed by atoms with van der Waals surface area (Å²) in [5.41, 5.74) is -1.61. The number of halogens is 4. The highest BCUT2D eigenvalue weighted by atomic mass is 35.5. The van der Waals surface area contributed by atoms with Crippen LogP contribution in [-0.4, -0.2) is 47.7 Å². The maximum atomic E-state index is 12.9. The SMILES string of the molecule is CN(CC(=O)Nc1ccc(Cl)c(C(F)(F)F)c1)C(=O)CNC(=O)c1cccc([N+](=O)[O-])c1. The van der Waals surface area contributed by atoms with Gasteiger partial charge in [0.1, 0.15) is 0 Å². The number of anilines is 1. The number of hydrogen-bond acceptors (Lipinski definition) is 5. The first-order valence-corrected chi connectivity index (χ1v) is 9.19. The van der Waals surface area contributed by atoms with Crippen molar-refractivity contribution in [3.63, 3.8) is 0 Å². The number of benzene rings is 2. The zero-order valence-electron chi connectivity index (χ0n) is 16.4. The van der Waals surface area contributed by atoms with E-state index in [0.717, 1.165) is 17.0 Å². The number of rotatable bonds is 7. The van der Waals surface area contributed by atoms with E-state index in [2.05, 4.69) is 10.6 Å². The molecule has 0 heterocycles. The van der Waals surface area contributed by atoms with Crippen LogP contribution in [0.2, 0.25) is 5.02 Å². The van der Waals surface area contributed by atoms with Gasteiger partial charge in [0.15, 0.2) is 0 Å². The second-order valence-electron chi connectivity index (χ2n) is 6.48. The largest absolute Gasteiger partial charge is 0.417 e. The van der Waals surface area contributed by atoms with Crippen LogP contribution in [0.5, 0.6) is 0 Å². The van der Waals surface area contributed by atoms with Crippen LogP contribution in [0.1, 0.15) is 15.9 Å². The Labute approximate surface area is 184 Å². The quantitative estimate of drug-likeness (QED) is 0.473. The molecule has 3 amide bonds. The van der Waals surface area contributed by atoms with Crippen LogP contribution in [0, 0.1) is 10.1 Å². The van der Waals surface area contributed by atoms with Crippen LogP contribution in [0.15, 0.2) is 42.5 Å². The number of alkyl halides is 3. The van der Waals surface area contributed by atoms with E-state index in [1.165, 1.54) is 31.3 Å². The summed E-state index contributed by atoms with van der Waals surface area (Å²) in [6, 6.07) is 7.71. The average molecular weight is 473 g/mol. The van der Waals surface area contributed by atoms with Gasteiger partial charge in [0.05, 0.1) is 28.6 Å². The van der Waals surface area contributed by atoms with Crippen LogP contribution in [0.25, 0.3) is 0 Å². The number of non-ortho nitro benzene ring substituents is 1. The molecule has 0 spiro atoms. The van der Waals surface area contributed by atoms with E-state index in [-0.39, 0.29) is 16.9 Å². The minimum Gasteiger partial charge on any atom is -0.343 e. The first-order chi connectivity index (χ1) is 14.9. The summed E-state index contributed by atoms with van der Waals surface area (Å²) in [7, 11) is 1.25. The zero-order valence-corrected chi connectivity index (χ0v) is 17.2. The lowest BCUT2D eigenvalue weighted by atomic mass is 10.2. The molecule has 0 radical (unpaired) electrons. The number of nitrogens with zero attached hydrogens (tertiary/aromatic N) is 2. The molecule has 2 aromatic carbocycles. The zero-order chi connectivity index (χ0) is 24.1. The Balaban J connectivity index is 1.91. The molecule has 2 N–H and O–H groups in total. The second kappa shape index (κ2) is 10.1. The van der Waals surface area contributed by atoms with Crippen LogP contribution in [0.3, 0.4) is 0 Å². The van der Waals surface area contributed by atoms with Gasteiger partial charge in [-0.2, -0.15) is 13.2 Å². The van der Waals surface area contributed by atoms with Gasteiger partial charge in [0.2, 0.25) is 11.8 Å². The van der Waals surface area contributed by atoms with E-state index in [4.69, 9.17) is 11.6 Å². The Bertz CT molecular complexity index is 1060. The van der Waals surface area contributed by atoms with E-state index in [1.54, 1.807) is 0 Å². The Morgan fingerprint density at radius 3 is 2.47 bits per heavy atom. The lowest BCUT2D eigenvalue weighted by Gasteiger charge is -2.18. The highest BCUT2D eigenvalue weighted by Crippen LogP contribution is 2.36. The van der Waals surface area contributed by atoms with E-state index < -0.39 is 52.5 Å². The van der Waals surface area contributed by atoms with Crippen molar-refractivity contribution in [1.29, 1.82) is 0 Å².